The summed E-state index contributed by atoms with van der Waals surface area (Å²) >= 11 is 0. The maximum atomic E-state index is 13.4. The summed E-state index contributed by atoms with van der Waals surface area (Å²) in [7, 11) is 1.49. The second-order valence-electron chi connectivity index (χ2n) is 3.49. The van der Waals surface area contributed by atoms with Gasteiger partial charge in [0.2, 0.25) is 0 Å². The molecule has 0 aliphatic rings. The van der Waals surface area contributed by atoms with Crippen molar-refractivity contribution < 1.29 is 9.13 Å². The lowest BCUT2D eigenvalue weighted by atomic mass is 10.1. The number of methoxy groups -OCH3 is 1. The molecule has 15 heavy (non-hydrogen) atoms. The molecule has 0 saturated carbocycles. The zero-order valence-electron chi connectivity index (χ0n) is 9.33. The Hall–Kier alpha value is -1.38. The summed E-state index contributed by atoms with van der Waals surface area (Å²) in [5, 5.41) is 0. The molecule has 1 aromatic heterocycles. The average molecular weight is 209 g/mol. The maximum absolute atomic E-state index is 13.4. The van der Waals surface area contributed by atoms with Crippen LogP contribution in [0.15, 0.2) is 18.3 Å². The molecule has 0 radical (unpaired) electrons. The molecule has 0 aliphatic heterocycles. The first-order chi connectivity index (χ1) is 7.17. The van der Waals surface area contributed by atoms with Crippen molar-refractivity contribution in [3.05, 3.63) is 29.9 Å². The van der Waals surface area contributed by atoms with Crippen molar-refractivity contribution in [1.82, 2.24) is 4.98 Å². The number of hydrogen-bond acceptors (Lipinski definition) is 2. The summed E-state index contributed by atoms with van der Waals surface area (Å²) in [6.07, 6.45) is 6.22. The van der Waals surface area contributed by atoms with Gasteiger partial charge in [0.25, 0.3) is 0 Å². The van der Waals surface area contributed by atoms with Gasteiger partial charge in [-0.3, -0.25) is 0 Å². The Kier molecular flexibility index (Phi) is 4.28. The van der Waals surface area contributed by atoms with Gasteiger partial charge >= 0.3 is 0 Å². The van der Waals surface area contributed by atoms with E-state index in [9.17, 15) is 4.39 Å². The fraction of sp³-hybridized carbons (Fsp3) is 0.417. The van der Waals surface area contributed by atoms with Crippen LogP contribution in [0.5, 0.6) is 5.75 Å². The maximum Gasteiger partial charge on any atom is 0.152 e. The summed E-state index contributed by atoms with van der Waals surface area (Å²) in [4.78, 5) is 3.97. The van der Waals surface area contributed by atoms with Crippen LogP contribution in [0.3, 0.4) is 0 Å². The highest BCUT2D eigenvalue weighted by Crippen LogP contribution is 2.15. The molecule has 0 saturated heterocycles. The van der Waals surface area contributed by atoms with Crippen molar-refractivity contribution in [1.29, 1.82) is 0 Å². The van der Waals surface area contributed by atoms with Gasteiger partial charge in [-0.25, -0.2) is 9.37 Å². The fourth-order valence-electron chi connectivity index (χ4n) is 1.06. The summed E-state index contributed by atoms with van der Waals surface area (Å²) in [6.45, 7) is 4.17. The summed E-state index contributed by atoms with van der Waals surface area (Å²) in [6, 6.07) is 1.34. The number of allylic oxidation sites excluding steroid dienone is 1. The van der Waals surface area contributed by atoms with Crippen LogP contribution in [-0.2, 0) is 0 Å². The molecule has 0 amide bonds. The molecule has 1 aromatic rings. The van der Waals surface area contributed by atoms with Gasteiger partial charge in [-0.15, -0.1) is 0 Å². The first-order valence-corrected chi connectivity index (χ1v) is 5.05. The van der Waals surface area contributed by atoms with Gasteiger partial charge in [0, 0.05) is 6.07 Å². The van der Waals surface area contributed by atoms with Crippen molar-refractivity contribution in [2.75, 3.05) is 7.11 Å². The van der Waals surface area contributed by atoms with E-state index in [4.69, 9.17) is 4.74 Å². The Morgan fingerprint density at radius 1 is 1.60 bits per heavy atom. The van der Waals surface area contributed by atoms with Gasteiger partial charge in [0.05, 0.1) is 19.0 Å². The number of rotatable bonds is 4. The lowest BCUT2D eigenvalue weighted by Gasteiger charge is -2.02. The predicted octanol–water partition coefficient (Wildman–Crippen LogP) is 3.29. The van der Waals surface area contributed by atoms with Crippen molar-refractivity contribution in [3.63, 3.8) is 0 Å². The van der Waals surface area contributed by atoms with Crippen LogP contribution in [-0.4, -0.2) is 12.1 Å². The zero-order valence-corrected chi connectivity index (χ0v) is 9.33. The number of hydrogen-bond donors (Lipinski definition) is 0. The molecule has 2 nitrogen and oxygen atoms in total. The van der Waals surface area contributed by atoms with Crippen LogP contribution < -0.4 is 4.74 Å². The van der Waals surface area contributed by atoms with E-state index < -0.39 is 0 Å². The summed E-state index contributed by atoms with van der Waals surface area (Å²) < 4.78 is 18.3. The van der Waals surface area contributed by atoms with Gasteiger partial charge in [-0.1, -0.05) is 26.3 Å². The minimum atomic E-state index is -0.353. The average Bonchev–Trinajstić information content (AvgIpc) is 2.26. The SMILES string of the molecule is CCC(C)/C=C/c1ncc(OC)cc1F. The van der Waals surface area contributed by atoms with Crippen molar-refractivity contribution in [3.8, 4) is 5.75 Å². The number of nitrogens with zero attached hydrogens (tertiary/aromatic N) is 1. The summed E-state index contributed by atoms with van der Waals surface area (Å²) in [5.74, 6) is 0.524. The highest BCUT2D eigenvalue weighted by atomic mass is 19.1. The summed E-state index contributed by atoms with van der Waals surface area (Å²) in [5.41, 5.74) is 0.358. The molecular weight excluding hydrogens is 193 g/mol. The Labute approximate surface area is 89.8 Å². The third-order valence-electron chi connectivity index (χ3n) is 2.31. The standard InChI is InChI=1S/C12H16FNO/c1-4-9(2)5-6-12-11(13)7-10(15-3)8-14-12/h5-9H,4H2,1-3H3/b6-5+. The monoisotopic (exact) mass is 209 g/mol. The molecule has 0 fully saturated rings. The lowest BCUT2D eigenvalue weighted by molar-refractivity contribution is 0.408. The molecule has 0 N–H and O–H groups in total. The third-order valence-corrected chi connectivity index (χ3v) is 2.31. The quantitative estimate of drug-likeness (QED) is 0.759. The Morgan fingerprint density at radius 2 is 2.33 bits per heavy atom. The van der Waals surface area contributed by atoms with Crippen LogP contribution in [0.2, 0.25) is 0 Å². The van der Waals surface area contributed by atoms with Gasteiger partial charge in [0.15, 0.2) is 5.82 Å². The van der Waals surface area contributed by atoms with E-state index in [1.807, 2.05) is 6.08 Å². The zero-order chi connectivity index (χ0) is 11.3. The number of ether oxygens (including phenoxy) is 1. The van der Waals surface area contributed by atoms with E-state index >= 15 is 0 Å². The molecule has 0 spiro atoms. The van der Waals surface area contributed by atoms with Gasteiger partial charge in [-0.2, -0.15) is 0 Å². The smallest absolute Gasteiger partial charge is 0.152 e. The molecule has 0 bridgehead atoms. The third kappa shape index (κ3) is 3.35. The Bertz CT molecular complexity index is 349. The van der Waals surface area contributed by atoms with E-state index in [1.54, 1.807) is 6.08 Å². The fourth-order valence-corrected chi connectivity index (χ4v) is 1.06. The van der Waals surface area contributed by atoms with E-state index in [1.165, 1.54) is 19.4 Å². The van der Waals surface area contributed by atoms with Crippen molar-refractivity contribution in [2.24, 2.45) is 5.92 Å². The van der Waals surface area contributed by atoms with Gasteiger partial charge in [-0.05, 0) is 12.0 Å². The molecule has 1 heterocycles. The molecule has 0 aromatic carbocycles. The minimum absolute atomic E-state index is 0.353. The molecule has 0 aliphatic carbocycles. The Balaban J connectivity index is 2.82. The lowest BCUT2D eigenvalue weighted by Crippen LogP contribution is -1.92. The largest absolute Gasteiger partial charge is 0.495 e. The second-order valence-corrected chi connectivity index (χ2v) is 3.49. The Morgan fingerprint density at radius 3 is 2.87 bits per heavy atom. The van der Waals surface area contributed by atoms with Gasteiger partial charge in [0.1, 0.15) is 5.75 Å². The number of pyridine rings is 1. The van der Waals surface area contributed by atoms with Crippen molar-refractivity contribution in [2.45, 2.75) is 20.3 Å². The molecule has 3 heteroatoms. The first-order valence-electron chi connectivity index (χ1n) is 5.05. The minimum Gasteiger partial charge on any atom is -0.495 e. The van der Waals surface area contributed by atoms with E-state index in [-0.39, 0.29) is 5.82 Å². The number of halogens is 1. The van der Waals surface area contributed by atoms with E-state index in [0.717, 1.165) is 6.42 Å². The van der Waals surface area contributed by atoms with E-state index in [2.05, 4.69) is 18.8 Å². The topological polar surface area (TPSA) is 22.1 Å². The first kappa shape index (κ1) is 11.7. The number of aromatic nitrogens is 1. The molecule has 1 rings (SSSR count). The molecule has 82 valence electrons. The molecular formula is C12H16FNO. The van der Waals surface area contributed by atoms with Crippen LogP contribution >= 0.6 is 0 Å². The van der Waals surface area contributed by atoms with E-state index in [0.29, 0.717) is 17.4 Å². The van der Waals surface area contributed by atoms with Crippen LogP contribution in [0.25, 0.3) is 6.08 Å². The highest BCUT2D eigenvalue weighted by molar-refractivity contribution is 5.46. The molecule has 1 atom stereocenters. The van der Waals surface area contributed by atoms with Crippen LogP contribution in [0.1, 0.15) is 26.0 Å². The highest BCUT2D eigenvalue weighted by Gasteiger charge is 2.02. The van der Waals surface area contributed by atoms with Crippen molar-refractivity contribution >= 4 is 6.08 Å². The van der Waals surface area contributed by atoms with Crippen LogP contribution in [0.4, 0.5) is 4.39 Å². The normalized spacial score (nSPS) is 13.1. The second kappa shape index (κ2) is 5.49. The van der Waals surface area contributed by atoms with Gasteiger partial charge < -0.3 is 4.74 Å². The van der Waals surface area contributed by atoms with Crippen LogP contribution in [0, 0.1) is 11.7 Å². The molecule has 1 unspecified atom stereocenters. The predicted molar refractivity (Wildman–Crippen MR) is 59.2 cm³/mol.